The Morgan fingerprint density at radius 2 is 1.76 bits per heavy atom. The van der Waals surface area contributed by atoms with Crippen LogP contribution in [0.2, 0.25) is 0 Å². The van der Waals surface area contributed by atoms with Crippen LogP contribution < -0.4 is 5.32 Å². The van der Waals surface area contributed by atoms with E-state index in [-0.39, 0.29) is 5.41 Å². The molecule has 0 aliphatic rings. The maximum absolute atomic E-state index is 3.61. The van der Waals surface area contributed by atoms with Crippen molar-refractivity contribution in [2.45, 2.75) is 32.2 Å². The predicted octanol–water partition coefficient (Wildman–Crippen LogP) is 2.50. The van der Waals surface area contributed by atoms with E-state index in [1.165, 1.54) is 5.56 Å². The van der Waals surface area contributed by atoms with Crippen molar-refractivity contribution in [3.8, 4) is 0 Å². The summed E-state index contributed by atoms with van der Waals surface area (Å²) in [6, 6.07) is 11.2. The largest absolute Gasteiger partial charge is 0.312 e. The van der Waals surface area contributed by atoms with Crippen LogP contribution in [0.4, 0.5) is 0 Å². The van der Waals surface area contributed by atoms with Crippen molar-refractivity contribution in [3.05, 3.63) is 35.9 Å². The van der Waals surface area contributed by atoms with Crippen molar-refractivity contribution >= 4 is 0 Å². The topological polar surface area (TPSA) is 15.3 Å². The van der Waals surface area contributed by atoms with Crippen molar-refractivity contribution in [1.82, 2.24) is 10.2 Å². The number of hydrogen-bond donors (Lipinski definition) is 1. The Kier molecular flexibility index (Phi) is 5.16. The van der Waals surface area contributed by atoms with E-state index in [0.717, 1.165) is 13.1 Å². The van der Waals surface area contributed by atoms with E-state index in [2.05, 4.69) is 75.4 Å². The average molecular weight is 234 g/mol. The number of rotatable bonds is 6. The number of nitrogens with one attached hydrogen (secondary N) is 1. The van der Waals surface area contributed by atoms with Crippen LogP contribution in [0.15, 0.2) is 30.3 Å². The van der Waals surface area contributed by atoms with Crippen LogP contribution in [-0.2, 0) is 5.41 Å². The fraction of sp³-hybridized carbons (Fsp3) is 0.600. The van der Waals surface area contributed by atoms with Gasteiger partial charge in [-0.15, -0.1) is 0 Å². The number of hydrogen-bond acceptors (Lipinski definition) is 2. The summed E-state index contributed by atoms with van der Waals surface area (Å²) in [7, 11) is 4.22. The summed E-state index contributed by atoms with van der Waals surface area (Å²) in [6.45, 7) is 8.90. The van der Waals surface area contributed by atoms with E-state index < -0.39 is 0 Å². The zero-order chi connectivity index (χ0) is 12.9. The highest BCUT2D eigenvalue weighted by Gasteiger charge is 2.20. The van der Waals surface area contributed by atoms with Gasteiger partial charge in [0.25, 0.3) is 0 Å². The molecule has 0 amide bonds. The molecule has 0 saturated heterocycles. The van der Waals surface area contributed by atoms with Crippen LogP contribution in [0.1, 0.15) is 26.3 Å². The molecule has 1 rings (SSSR count). The molecular weight excluding hydrogens is 208 g/mol. The van der Waals surface area contributed by atoms with Gasteiger partial charge in [-0.3, -0.25) is 0 Å². The molecule has 1 atom stereocenters. The molecule has 0 aliphatic heterocycles. The van der Waals surface area contributed by atoms with Crippen LogP contribution in [0.5, 0.6) is 0 Å². The Morgan fingerprint density at radius 1 is 1.18 bits per heavy atom. The van der Waals surface area contributed by atoms with E-state index in [1.54, 1.807) is 0 Å². The van der Waals surface area contributed by atoms with Crippen molar-refractivity contribution in [3.63, 3.8) is 0 Å². The highest BCUT2D eigenvalue weighted by Crippen LogP contribution is 2.21. The molecule has 0 heterocycles. The lowest BCUT2D eigenvalue weighted by Gasteiger charge is -2.28. The molecular formula is C15H26N2. The van der Waals surface area contributed by atoms with Gasteiger partial charge in [-0.05, 0) is 26.6 Å². The summed E-state index contributed by atoms with van der Waals surface area (Å²) in [5.41, 5.74) is 1.58. The van der Waals surface area contributed by atoms with Gasteiger partial charge in [0.15, 0.2) is 0 Å². The van der Waals surface area contributed by atoms with Crippen molar-refractivity contribution < 1.29 is 0 Å². The SMILES string of the molecule is CC(CN(C)C)NCC(C)(C)c1ccccc1. The monoisotopic (exact) mass is 234 g/mol. The highest BCUT2D eigenvalue weighted by molar-refractivity contribution is 5.23. The van der Waals surface area contributed by atoms with E-state index in [9.17, 15) is 0 Å². The first-order valence-electron chi connectivity index (χ1n) is 6.35. The molecule has 17 heavy (non-hydrogen) atoms. The summed E-state index contributed by atoms with van der Waals surface area (Å²) >= 11 is 0. The quantitative estimate of drug-likeness (QED) is 0.813. The Hall–Kier alpha value is -0.860. The Labute approximate surface area is 106 Å². The zero-order valence-electron chi connectivity index (χ0n) is 11.8. The van der Waals surface area contributed by atoms with Crippen LogP contribution >= 0.6 is 0 Å². The van der Waals surface area contributed by atoms with Gasteiger partial charge in [0, 0.05) is 24.5 Å². The molecule has 0 aliphatic carbocycles. The summed E-state index contributed by atoms with van der Waals surface area (Å²) in [5.74, 6) is 0. The molecule has 2 nitrogen and oxygen atoms in total. The maximum atomic E-state index is 3.61. The van der Waals surface area contributed by atoms with Gasteiger partial charge in [-0.1, -0.05) is 44.2 Å². The third-order valence-electron chi connectivity index (χ3n) is 3.09. The fourth-order valence-corrected chi connectivity index (χ4v) is 2.03. The molecule has 0 bridgehead atoms. The minimum atomic E-state index is 0.182. The molecule has 1 aromatic carbocycles. The van der Waals surface area contributed by atoms with Gasteiger partial charge < -0.3 is 10.2 Å². The molecule has 2 heteroatoms. The fourth-order valence-electron chi connectivity index (χ4n) is 2.03. The van der Waals surface area contributed by atoms with Crippen molar-refractivity contribution in [2.75, 3.05) is 27.2 Å². The molecule has 96 valence electrons. The van der Waals surface area contributed by atoms with Gasteiger partial charge in [0.05, 0.1) is 0 Å². The molecule has 1 unspecified atom stereocenters. The normalized spacial score (nSPS) is 14.0. The summed E-state index contributed by atoms with van der Waals surface area (Å²) < 4.78 is 0. The van der Waals surface area contributed by atoms with Crippen LogP contribution in [0.25, 0.3) is 0 Å². The molecule has 0 spiro atoms. The van der Waals surface area contributed by atoms with Crippen LogP contribution in [0.3, 0.4) is 0 Å². The molecule has 0 saturated carbocycles. The van der Waals surface area contributed by atoms with Crippen LogP contribution in [-0.4, -0.2) is 38.1 Å². The first kappa shape index (κ1) is 14.2. The van der Waals surface area contributed by atoms with Gasteiger partial charge in [-0.25, -0.2) is 0 Å². The maximum Gasteiger partial charge on any atom is 0.0166 e. The second kappa shape index (κ2) is 6.18. The summed E-state index contributed by atoms with van der Waals surface area (Å²) in [6.07, 6.45) is 0. The third-order valence-corrected chi connectivity index (χ3v) is 3.09. The third kappa shape index (κ3) is 4.88. The smallest absolute Gasteiger partial charge is 0.0166 e. The first-order chi connectivity index (χ1) is 7.92. The second-order valence-corrected chi connectivity index (χ2v) is 5.79. The predicted molar refractivity (Wildman–Crippen MR) is 75.5 cm³/mol. The first-order valence-corrected chi connectivity index (χ1v) is 6.35. The lowest BCUT2D eigenvalue weighted by atomic mass is 9.84. The molecule has 1 N–H and O–H groups in total. The van der Waals surface area contributed by atoms with Crippen molar-refractivity contribution in [1.29, 1.82) is 0 Å². The number of nitrogens with zero attached hydrogens (tertiary/aromatic N) is 1. The van der Waals surface area contributed by atoms with Gasteiger partial charge in [-0.2, -0.15) is 0 Å². The number of likely N-dealkylation sites (N-methyl/N-ethyl adjacent to an activating group) is 1. The van der Waals surface area contributed by atoms with Gasteiger partial charge in [0.2, 0.25) is 0 Å². The minimum Gasteiger partial charge on any atom is -0.312 e. The zero-order valence-corrected chi connectivity index (χ0v) is 11.8. The second-order valence-electron chi connectivity index (χ2n) is 5.79. The van der Waals surface area contributed by atoms with Crippen LogP contribution in [0, 0.1) is 0 Å². The molecule has 0 radical (unpaired) electrons. The minimum absolute atomic E-state index is 0.182. The van der Waals surface area contributed by atoms with Gasteiger partial charge >= 0.3 is 0 Å². The molecule has 1 aromatic rings. The molecule has 0 fully saturated rings. The number of benzene rings is 1. The summed E-state index contributed by atoms with van der Waals surface area (Å²) in [4.78, 5) is 2.22. The highest BCUT2D eigenvalue weighted by atomic mass is 15.1. The van der Waals surface area contributed by atoms with E-state index in [1.807, 2.05) is 0 Å². The average Bonchev–Trinajstić information content (AvgIpc) is 2.27. The molecule has 0 aromatic heterocycles. The van der Waals surface area contributed by atoms with Crippen molar-refractivity contribution in [2.24, 2.45) is 0 Å². The Bertz CT molecular complexity index is 317. The standard InChI is InChI=1S/C15H26N2/c1-13(11-17(4)5)16-12-15(2,3)14-9-7-6-8-10-14/h6-10,13,16H,11-12H2,1-5H3. The van der Waals surface area contributed by atoms with Gasteiger partial charge in [0.1, 0.15) is 0 Å². The Balaban J connectivity index is 2.50. The van der Waals surface area contributed by atoms with E-state index in [0.29, 0.717) is 6.04 Å². The van der Waals surface area contributed by atoms with E-state index in [4.69, 9.17) is 0 Å². The van der Waals surface area contributed by atoms with E-state index >= 15 is 0 Å². The lowest BCUT2D eigenvalue weighted by molar-refractivity contribution is 0.332. The summed E-state index contributed by atoms with van der Waals surface area (Å²) in [5, 5.41) is 3.61. The lowest BCUT2D eigenvalue weighted by Crippen LogP contribution is -2.42. The Morgan fingerprint density at radius 3 is 2.29 bits per heavy atom.